The van der Waals surface area contributed by atoms with Crippen LogP contribution in [0, 0.1) is 17.5 Å². The topological polar surface area (TPSA) is 18.5 Å². The number of hydrogen-bond acceptors (Lipinski definition) is 2. The molecule has 31 heavy (non-hydrogen) atoms. The van der Waals surface area contributed by atoms with Gasteiger partial charge in [-0.15, -0.1) is 0 Å². The summed E-state index contributed by atoms with van der Waals surface area (Å²) < 4.78 is 55.0. The van der Waals surface area contributed by atoms with Crippen LogP contribution in [-0.2, 0) is 4.74 Å². The Kier molecular flexibility index (Phi) is 8.59. The summed E-state index contributed by atoms with van der Waals surface area (Å²) in [7, 11) is 0. The van der Waals surface area contributed by atoms with Crippen LogP contribution in [0.4, 0.5) is 13.2 Å². The predicted molar refractivity (Wildman–Crippen MR) is 118 cm³/mol. The lowest BCUT2D eigenvalue weighted by atomic mass is 9.82. The highest BCUT2D eigenvalue weighted by molar-refractivity contribution is 5.66. The molecule has 5 heteroatoms. The first kappa shape index (κ1) is 23.4. The van der Waals surface area contributed by atoms with Crippen molar-refractivity contribution >= 4 is 0 Å². The van der Waals surface area contributed by atoms with E-state index >= 15 is 0 Å². The smallest absolute Gasteiger partial charge is 0.201 e. The molecule has 0 aromatic heterocycles. The van der Waals surface area contributed by atoms with Crippen LogP contribution >= 0.6 is 0 Å². The van der Waals surface area contributed by atoms with Gasteiger partial charge in [0, 0.05) is 11.1 Å². The van der Waals surface area contributed by atoms with Crippen molar-refractivity contribution in [2.24, 2.45) is 0 Å². The summed E-state index contributed by atoms with van der Waals surface area (Å²) in [4.78, 5) is 0. The molecule has 1 saturated carbocycles. The zero-order valence-electron chi connectivity index (χ0n) is 18.3. The molecule has 0 amide bonds. The van der Waals surface area contributed by atoms with Crippen LogP contribution < -0.4 is 4.74 Å². The molecule has 2 aromatic carbocycles. The lowest BCUT2D eigenvalue weighted by Crippen LogP contribution is -2.21. The summed E-state index contributed by atoms with van der Waals surface area (Å²) in [5.74, 6) is -2.59. The van der Waals surface area contributed by atoms with Gasteiger partial charge in [-0.3, -0.25) is 0 Å². The van der Waals surface area contributed by atoms with Crippen LogP contribution in [0.25, 0.3) is 11.1 Å². The maximum Gasteiger partial charge on any atom is 0.201 e. The van der Waals surface area contributed by atoms with Crippen molar-refractivity contribution < 1.29 is 22.6 Å². The van der Waals surface area contributed by atoms with Crippen LogP contribution in [0.15, 0.2) is 42.5 Å². The highest BCUT2D eigenvalue weighted by atomic mass is 19.2. The monoisotopic (exact) mass is 432 g/mol. The number of rotatable bonds is 9. The lowest BCUT2D eigenvalue weighted by Gasteiger charge is -2.28. The standard InChI is InChI=1S/C26H31F3O2/c1-3-5-15-30-20-10-7-18(8-11-20)19-9-12-21(23(27)17-19)22-13-14-24(26(29)25(22)28)31-16-6-4-2/h3,5,9,12-14,17-18,20H,4,6-8,10-11,15-16H2,1-2H3/b5-3+. The first-order valence-corrected chi connectivity index (χ1v) is 11.2. The van der Waals surface area contributed by atoms with Gasteiger partial charge in [-0.1, -0.05) is 37.6 Å². The molecule has 0 N–H and O–H groups in total. The van der Waals surface area contributed by atoms with Crippen molar-refractivity contribution in [3.8, 4) is 16.9 Å². The fraction of sp³-hybridized carbons (Fsp3) is 0.462. The molecule has 3 rings (SSSR count). The fourth-order valence-corrected chi connectivity index (χ4v) is 4.03. The molecule has 2 nitrogen and oxygen atoms in total. The first-order chi connectivity index (χ1) is 15.0. The van der Waals surface area contributed by atoms with E-state index in [0.717, 1.165) is 44.1 Å². The Morgan fingerprint density at radius 3 is 2.39 bits per heavy atom. The van der Waals surface area contributed by atoms with Crippen molar-refractivity contribution in [1.82, 2.24) is 0 Å². The van der Waals surface area contributed by atoms with E-state index in [1.54, 1.807) is 6.07 Å². The molecule has 0 aliphatic heterocycles. The second kappa shape index (κ2) is 11.4. The van der Waals surface area contributed by atoms with Crippen molar-refractivity contribution in [2.75, 3.05) is 13.2 Å². The summed E-state index contributed by atoms with van der Waals surface area (Å²) >= 11 is 0. The van der Waals surface area contributed by atoms with E-state index in [4.69, 9.17) is 9.47 Å². The molecule has 0 radical (unpaired) electrons. The SMILES string of the molecule is C/C=C/COC1CCC(c2ccc(-c3ccc(OCCCC)c(F)c3F)c(F)c2)CC1. The third-order valence-electron chi connectivity index (χ3n) is 5.90. The van der Waals surface area contributed by atoms with Gasteiger partial charge in [-0.25, -0.2) is 8.78 Å². The van der Waals surface area contributed by atoms with Crippen molar-refractivity contribution in [3.05, 3.63) is 65.5 Å². The van der Waals surface area contributed by atoms with Crippen molar-refractivity contribution in [2.45, 2.75) is 64.4 Å². The van der Waals surface area contributed by atoms with Crippen LogP contribution in [0.3, 0.4) is 0 Å². The second-order valence-electron chi connectivity index (χ2n) is 8.06. The number of hydrogen-bond donors (Lipinski definition) is 0. The summed E-state index contributed by atoms with van der Waals surface area (Å²) in [6, 6.07) is 7.59. The van der Waals surface area contributed by atoms with Gasteiger partial charge in [-0.2, -0.15) is 4.39 Å². The third kappa shape index (κ3) is 5.91. The lowest BCUT2D eigenvalue weighted by molar-refractivity contribution is 0.0422. The molecule has 1 aliphatic rings. The van der Waals surface area contributed by atoms with E-state index in [0.29, 0.717) is 13.2 Å². The molecule has 0 heterocycles. The zero-order valence-corrected chi connectivity index (χ0v) is 18.3. The van der Waals surface area contributed by atoms with Crippen LogP contribution in [-0.4, -0.2) is 19.3 Å². The minimum absolute atomic E-state index is 0.0589. The number of allylic oxidation sites excluding steroid dienone is 1. The minimum Gasteiger partial charge on any atom is -0.490 e. The van der Waals surface area contributed by atoms with Crippen molar-refractivity contribution in [1.29, 1.82) is 0 Å². The van der Waals surface area contributed by atoms with Crippen molar-refractivity contribution in [3.63, 3.8) is 0 Å². The average Bonchev–Trinajstić information content (AvgIpc) is 2.78. The highest BCUT2D eigenvalue weighted by Gasteiger charge is 2.24. The van der Waals surface area contributed by atoms with Gasteiger partial charge >= 0.3 is 0 Å². The number of unbranched alkanes of at least 4 members (excludes halogenated alkanes) is 1. The zero-order chi connectivity index (χ0) is 22.2. The van der Waals surface area contributed by atoms with Crippen LogP contribution in [0.5, 0.6) is 5.75 Å². The molecular weight excluding hydrogens is 401 g/mol. The number of ether oxygens (including phenoxy) is 2. The normalized spacial score (nSPS) is 19.1. The van der Waals surface area contributed by atoms with Gasteiger partial charge in [0.1, 0.15) is 5.82 Å². The molecule has 0 unspecified atom stereocenters. The maximum atomic E-state index is 14.9. The molecule has 0 atom stereocenters. The molecule has 2 aromatic rings. The molecule has 0 bridgehead atoms. The van der Waals surface area contributed by atoms with E-state index < -0.39 is 17.5 Å². The van der Waals surface area contributed by atoms with Gasteiger partial charge in [0.15, 0.2) is 11.6 Å². The van der Waals surface area contributed by atoms with Gasteiger partial charge in [0.05, 0.1) is 19.3 Å². The Morgan fingerprint density at radius 2 is 1.71 bits per heavy atom. The Hall–Kier alpha value is -2.27. The van der Waals surface area contributed by atoms with E-state index in [1.807, 2.05) is 32.1 Å². The quantitative estimate of drug-likeness (QED) is 0.300. The van der Waals surface area contributed by atoms with Crippen LogP contribution in [0.2, 0.25) is 0 Å². The largest absolute Gasteiger partial charge is 0.490 e. The molecule has 1 aliphatic carbocycles. The minimum atomic E-state index is -1.08. The summed E-state index contributed by atoms with van der Waals surface area (Å²) in [6.45, 7) is 4.90. The molecule has 0 saturated heterocycles. The van der Waals surface area contributed by atoms with Gasteiger partial charge in [0.25, 0.3) is 0 Å². The van der Waals surface area contributed by atoms with E-state index in [1.165, 1.54) is 18.2 Å². The number of halogens is 3. The predicted octanol–water partition coefficient (Wildman–Crippen LogP) is 7.57. The molecule has 168 valence electrons. The van der Waals surface area contributed by atoms with Gasteiger partial charge in [-0.05, 0) is 68.7 Å². The van der Waals surface area contributed by atoms with Gasteiger partial charge in [0.2, 0.25) is 5.82 Å². The Bertz CT molecular complexity index is 886. The Labute approximate surface area is 183 Å². The average molecular weight is 433 g/mol. The molecular formula is C26H31F3O2. The summed E-state index contributed by atoms with van der Waals surface area (Å²) in [5, 5.41) is 0. The van der Waals surface area contributed by atoms with E-state index in [9.17, 15) is 13.2 Å². The Balaban J connectivity index is 1.69. The Morgan fingerprint density at radius 1 is 0.968 bits per heavy atom. The maximum absolute atomic E-state index is 14.9. The fourth-order valence-electron chi connectivity index (χ4n) is 4.03. The van der Waals surface area contributed by atoms with Crippen LogP contribution in [0.1, 0.15) is 63.9 Å². The van der Waals surface area contributed by atoms with Gasteiger partial charge < -0.3 is 9.47 Å². The third-order valence-corrected chi connectivity index (χ3v) is 5.90. The van der Waals surface area contributed by atoms with E-state index in [-0.39, 0.29) is 28.9 Å². The summed E-state index contributed by atoms with van der Waals surface area (Å²) in [5.41, 5.74) is 0.864. The summed E-state index contributed by atoms with van der Waals surface area (Å²) in [6.07, 6.45) is 9.57. The number of benzene rings is 2. The second-order valence-corrected chi connectivity index (χ2v) is 8.06. The molecule has 1 fully saturated rings. The highest BCUT2D eigenvalue weighted by Crippen LogP contribution is 2.37. The van der Waals surface area contributed by atoms with E-state index in [2.05, 4.69) is 0 Å². The first-order valence-electron chi connectivity index (χ1n) is 11.2. The molecule has 0 spiro atoms.